The lowest BCUT2D eigenvalue weighted by molar-refractivity contribution is 0.202. The zero-order valence-electron chi connectivity index (χ0n) is 14.1. The van der Waals surface area contributed by atoms with Crippen LogP contribution in [0.2, 0.25) is 0 Å². The summed E-state index contributed by atoms with van der Waals surface area (Å²) in [6, 6.07) is 5.67. The van der Waals surface area contributed by atoms with Gasteiger partial charge in [-0.1, -0.05) is 5.92 Å². The van der Waals surface area contributed by atoms with Gasteiger partial charge >= 0.3 is 0 Å². The molecule has 2 unspecified atom stereocenters. The molecule has 2 aromatic rings. The van der Waals surface area contributed by atoms with Crippen molar-refractivity contribution in [2.45, 2.75) is 24.9 Å². The summed E-state index contributed by atoms with van der Waals surface area (Å²) in [4.78, 5) is 17.0. The zero-order valence-corrected chi connectivity index (χ0v) is 14.1. The van der Waals surface area contributed by atoms with Crippen LogP contribution in [0.15, 0.2) is 30.7 Å². The van der Waals surface area contributed by atoms with E-state index < -0.39 is 0 Å². The lowest BCUT2D eigenvalue weighted by atomic mass is 10.1. The number of aromatic nitrogens is 3. The average Bonchev–Trinajstić information content (AvgIpc) is 3.10. The molecular formula is C19H17FN6. The Bertz CT molecular complexity index is 895. The van der Waals surface area contributed by atoms with Gasteiger partial charge in [0, 0.05) is 38.1 Å². The van der Waals surface area contributed by atoms with E-state index in [-0.39, 0.29) is 11.9 Å². The molecule has 0 bridgehead atoms. The first-order valence-corrected chi connectivity index (χ1v) is 8.59. The van der Waals surface area contributed by atoms with Gasteiger partial charge in [0.2, 0.25) is 0 Å². The summed E-state index contributed by atoms with van der Waals surface area (Å²) in [5.74, 6) is 6.66. The number of nitriles is 1. The molecule has 2 aliphatic rings. The molecule has 7 heteroatoms. The first-order valence-electron chi connectivity index (χ1n) is 8.59. The number of piperazine rings is 1. The number of hydrogen-bond acceptors (Lipinski definition) is 6. The Morgan fingerprint density at radius 2 is 2.00 bits per heavy atom. The molecule has 0 spiro atoms. The zero-order chi connectivity index (χ0) is 17.9. The quantitative estimate of drug-likeness (QED) is 0.729. The van der Waals surface area contributed by atoms with Crippen LogP contribution in [-0.2, 0) is 0 Å². The summed E-state index contributed by atoms with van der Waals surface area (Å²) in [5, 5.41) is 9.24. The Morgan fingerprint density at radius 1 is 1.12 bits per heavy atom. The van der Waals surface area contributed by atoms with Crippen molar-refractivity contribution in [2.75, 3.05) is 24.5 Å². The van der Waals surface area contributed by atoms with E-state index in [0.29, 0.717) is 23.2 Å². The van der Waals surface area contributed by atoms with Gasteiger partial charge < -0.3 is 4.90 Å². The van der Waals surface area contributed by atoms with Crippen molar-refractivity contribution >= 4 is 5.82 Å². The van der Waals surface area contributed by atoms with Gasteiger partial charge in [0.25, 0.3) is 0 Å². The van der Waals surface area contributed by atoms with Crippen molar-refractivity contribution in [3.05, 3.63) is 47.9 Å². The number of fused-ring (bicyclic) bond motifs is 1. The second-order valence-electron chi connectivity index (χ2n) is 6.40. The number of pyridine rings is 1. The molecular weight excluding hydrogens is 331 g/mol. The molecule has 2 atom stereocenters. The number of rotatable bonds is 1. The minimum Gasteiger partial charge on any atom is -0.351 e. The molecule has 2 aromatic heterocycles. The second-order valence-corrected chi connectivity index (χ2v) is 6.40. The molecule has 2 fully saturated rings. The number of hydrogen-bond donors (Lipinski definition) is 0. The van der Waals surface area contributed by atoms with E-state index in [1.54, 1.807) is 18.5 Å². The molecule has 0 aromatic carbocycles. The maximum atomic E-state index is 12.9. The van der Waals surface area contributed by atoms with E-state index >= 15 is 0 Å². The highest BCUT2D eigenvalue weighted by Crippen LogP contribution is 2.29. The fraction of sp³-hybridized carbons (Fsp3) is 0.368. The fourth-order valence-corrected chi connectivity index (χ4v) is 3.65. The third-order valence-electron chi connectivity index (χ3n) is 4.88. The van der Waals surface area contributed by atoms with Gasteiger partial charge in [-0.3, -0.25) is 4.90 Å². The Labute approximate surface area is 151 Å². The van der Waals surface area contributed by atoms with Gasteiger partial charge in [0.15, 0.2) is 11.5 Å². The molecule has 6 nitrogen and oxygen atoms in total. The van der Waals surface area contributed by atoms with Crippen LogP contribution in [0.25, 0.3) is 0 Å². The van der Waals surface area contributed by atoms with Crippen LogP contribution >= 0.6 is 0 Å². The summed E-state index contributed by atoms with van der Waals surface area (Å²) in [6.45, 7) is 2.47. The van der Waals surface area contributed by atoms with Crippen LogP contribution in [-0.4, -0.2) is 51.6 Å². The summed E-state index contributed by atoms with van der Waals surface area (Å²) < 4.78 is 12.9. The Morgan fingerprint density at radius 3 is 2.81 bits per heavy atom. The maximum Gasteiger partial charge on any atom is 0.183 e. The Balaban J connectivity index is 1.46. The second kappa shape index (κ2) is 7.07. The molecule has 4 heterocycles. The predicted molar refractivity (Wildman–Crippen MR) is 93.5 cm³/mol. The third kappa shape index (κ3) is 3.22. The molecule has 130 valence electrons. The molecule has 0 aliphatic carbocycles. The van der Waals surface area contributed by atoms with Crippen LogP contribution in [0, 0.1) is 29.0 Å². The molecule has 26 heavy (non-hydrogen) atoms. The van der Waals surface area contributed by atoms with Gasteiger partial charge in [-0.25, -0.2) is 19.3 Å². The standard InChI is InChI=1S/C19H17FN6/c20-14-1-2-15(24-12-14)3-4-16-5-6-17-13-25(9-10-26(16)17)19-18(11-21)22-7-8-23-19/h1-2,7-8,12,16-17H,5-6,9-10,13H2. The number of halogens is 1. The molecule has 0 N–H and O–H groups in total. The largest absolute Gasteiger partial charge is 0.351 e. The predicted octanol–water partition coefficient (Wildman–Crippen LogP) is 1.59. The Kier molecular flexibility index (Phi) is 4.47. The van der Waals surface area contributed by atoms with Crippen molar-refractivity contribution in [1.29, 1.82) is 5.26 Å². The molecule has 2 aliphatic heterocycles. The van der Waals surface area contributed by atoms with E-state index in [1.807, 2.05) is 0 Å². The lowest BCUT2D eigenvalue weighted by Crippen LogP contribution is -2.52. The van der Waals surface area contributed by atoms with Crippen LogP contribution in [0.1, 0.15) is 24.2 Å². The SMILES string of the molecule is N#Cc1nccnc1N1CCN2C(C#Cc3ccc(F)cn3)CCC2C1. The highest BCUT2D eigenvalue weighted by atomic mass is 19.1. The molecule has 2 saturated heterocycles. The molecule has 0 saturated carbocycles. The van der Waals surface area contributed by atoms with Crippen LogP contribution in [0.4, 0.5) is 10.2 Å². The van der Waals surface area contributed by atoms with E-state index in [1.165, 1.54) is 12.3 Å². The summed E-state index contributed by atoms with van der Waals surface area (Å²) in [6.07, 6.45) is 6.41. The van der Waals surface area contributed by atoms with E-state index in [4.69, 9.17) is 0 Å². The van der Waals surface area contributed by atoms with Crippen LogP contribution in [0.3, 0.4) is 0 Å². The molecule has 0 amide bonds. The van der Waals surface area contributed by atoms with Crippen LogP contribution < -0.4 is 4.90 Å². The van der Waals surface area contributed by atoms with Gasteiger partial charge in [-0.05, 0) is 30.9 Å². The van der Waals surface area contributed by atoms with E-state index in [9.17, 15) is 9.65 Å². The lowest BCUT2D eigenvalue weighted by Gasteiger charge is -2.39. The fourth-order valence-electron chi connectivity index (χ4n) is 3.65. The van der Waals surface area contributed by atoms with Gasteiger partial charge in [0.1, 0.15) is 17.6 Å². The first-order chi connectivity index (χ1) is 12.7. The minimum absolute atomic E-state index is 0.186. The Hall–Kier alpha value is -3.03. The first kappa shape index (κ1) is 16.4. The number of anilines is 1. The highest BCUT2D eigenvalue weighted by Gasteiger charge is 2.37. The number of nitrogens with zero attached hydrogens (tertiary/aromatic N) is 6. The van der Waals surface area contributed by atoms with Crippen molar-refractivity contribution in [1.82, 2.24) is 19.9 Å². The monoisotopic (exact) mass is 348 g/mol. The molecule has 0 radical (unpaired) electrons. The van der Waals surface area contributed by atoms with Crippen molar-refractivity contribution in [3.8, 4) is 17.9 Å². The van der Waals surface area contributed by atoms with Gasteiger partial charge in [-0.15, -0.1) is 0 Å². The maximum absolute atomic E-state index is 12.9. The summed E-state index contributed by atoms with van der Waals surface area (Å²) >= 11 is 0. The highest BCUT2D eigenvalue weighted by molar-refractivity contribution is 5.50. The summed E-state index contributed by atoms with van der Waals surface area (Å²) in [7, 11) is 0. The third-order valence-corrected chi connectivity index (χ3v) is 4.88. The topological polar surface area (TPSA) is 68.9 Å². The van der Waals surface area contributed by atoms with E-state index in [0.717, 1.165) is 32.5 Å². The van der Waals surface area contributed by atoms with Gasteiger partial charge in [0.05, 0.1) is 12.2 Å². The minimum atomic E-state index is -0.353. The van der Waals surface area contributed by atoms with E-state index in [2.05, 4.69) is 42.7 Å². The van der Waals surface area contributed by atoms with Crippen molar-refractivity contribution in [3.63, 3.8) is 0 Å². The van der Waals surface area contributed by atoms with Crippen molar-refractivity contribution < 1.29 is 4.39 Å². The van der Waals surface area contributed by atoms with Crippen LogP contribution in [0.5, 0.6) is 0 Å². The average molecular weight is 348 g/mol. The normalized spacial score (nSPS) is 22.2. The smallest absolute Gasteiger partial charge is 0.183 e. The molecule has 4 rings (SSSR count). The van der Waals surface area contributed by atoms with Crippen molar-refractivity contribution in [2.24, 2.45) is 0 Å². The summed E-state index contributed by atoms with van der Waals surface area (Å²) in [5.41, 5.74) is 0.962. The van der Waals surface area contributed by atoms with Gasteiger partial charge in [-0.2, -0.15) is 5.26 Å².